The number of hydrogen-bond donors (Lipinski definition) is 1. The van der Waals surface area contributed by atoms with Gasteiger partial charge in [-0.05, 0) is 36.2 Å². The average molecular weight is 268 g/mol. The van der Waals surface area contributed by atoms with Gasteiger partial charge in [0.05, 0.1) is 16.8 Å². The zero-order valence-corrected chi connectivity index (χ0v) is 11.7. The molecule has 1 N–H and O–H groups in total. The first-order valence-electron chi connectivity index (χ1n) is 6.52. The molecular weight excluding hydrogens is 252 g/mol. The Balaban J connectivity index is 1.70. The lowest BCUT2D eigenvalue weighted by Crippen LogP contribution is -1.98. The van der Waals surface area contributed by atoms with Crippen molar-refractivity contribution < 1.29 is 0 Å². The minimum Gasteiger partial charge on any atom is -0.379 e. The fourth-order valence-electron chi connectivity index (χ4n) is 2.03. The molecule has 0 saturated heterocycles. The van der Waals surface area contributed by atoms with Gasteiger partial charge in [-0.1, -0.05) is 31.2 Å². The van der Waals surface area contributed by atoms with Crippen molar-refractivity contribution in [1.82, 2.24) is 4.98 Å². The van der Waals surface area contributed by atoms with Crippen molar-refractivity contribution in [2.75, 3.05) is 5.32 Å². The number of aryl methyl sites for hydroxylation is 1. The van der Waals surface area contributed by atoms with E-state index in [1.54, 1.807) is 11.3 Å². The van der Waals surface area contributed by atoms with Crippen LogP contribution in [0.4, 0.5) is 5.69 Å². The molecule has 1 heterocycles. The third-order valence-corrected chi connectivity index (χ3v) is 4.18. The van der Waals surface area contributed by atoms with Gasteiger partial charge in [-0.15, -0.1) is 11.3 Å². The molecule has 0 aliphatic carbocycles. The number of fused-ring (bicyclic) bond motifs is 1. The Kier molecular flexibility index (Phi) is 3.47. The van der Waals surface area contributed by atoms with E-state index in [1.165, 1.54) is 10.3 Å². The summed E-state index contributed by atoms with van der Waals surface area (Å²) in [7, 11) is 0. The van der Waals surface area contributed by atoms with E-state index in [1.807, 2.05) is 6.07 Å². The van der Waals surface area contributed by atoms with Crippen molar-refractivity contribution in [3.8, 4) is 0 Å². The SMILES string of the molecule is CCc1ccc(NCc2nc3ccccc3s2)cc1. The van der Waals surface area contributed by atoms with Crippen LogP contribution in [0.5, 0.6) is 0 Å². The Morgan fingerprint density at radius 1 is 1.05 bits per heavy atom. The highest BCUT2D eigenvalue weighted by Crippen LogP contribution is 2.22. The standard InChI is InChI=1S/C16H16N2S/c1-2-12-7-9-13(10-8-12)17-11-16-18-14-5-3-4-6-15(14)19-16/h3-10,17H,2,11H2,1H3. The van der Waals surface area contributed by atoms with Crippen LogP contribution in [0.1, 0.15) is 17.5 Å². The molecule has 1 aromatic heterocycles. The Morgan fingerprint density at radius 3 is 2.58 bits per heavy atom. The molecule has 0 atom stereocenters. The molecule has 0 fully saturated rings. The highest BCUT2D eigenvalue weighted by atomic mass is 32.1. The molecule has 0 bridgehead atoms. The van der Waals surface area contributed by atoms with Gasteiger partial charge >= 0.3 is 0 Å². The largest absolute Gasteiger partial charge is 0.379 e. The Bertz CT molecular complexity index is 638. The smallest absolute Gasteiger partial charge is 0.113 e. The van der Waals surface area contributed by atoms with E-state index in [0.29, 0.717) is 0 Å². The molecule has 0 aliphatic rings. The normalized spacial score (nSPS) is 10.8. The molecule has 0 amide bonds. The number of benzene rings is 2. The molecule has 2 aromatic carbocycles. The van der Waals surface area contributed by atoms with Gasteiger partial charge in [-0.2, -0.15) is 0 Å². The summed E-state index contributed by atoms with van der Waals surface area (Å²) in [5.74, 6) is 0. The van der Waals surface area contributed by atoms with Crippen molar-refractivity contribution in [3.05, 3.63) is 59.1 Å². The lowest BCUT2D eigenvalue weighted by Gasteiger charge is -2.04. The van der Waals surface area contributed by atoms with Crippen LogP contribution in [0, 0.1) is 0 Å². The molecule has 3 aromatic rings. The number of para-hydroxylation sites is 1. The second-order valence-electron chi connectivity index (χ2n) is 4.48. The zero-order chi connectivity index (χ0) is 13.1. The van der Waals surface area contributed by atoms with Crippen LogP contribution in [0.3, 0.4) is 0 Å². The molecule has 0 spiro atoms. The van der Waals surface area contributed by atoms with Gasteiger partial charge in [0, 0.05) is 5.69 Å². The minimum atomic E-state index is 0.783. The summed E-state index contributed by atoms with van der Waals surface area (Å²) in [4.78, 5) is 4.62. The predicted molar refractivity (Wildman–Crippen MR) is 82.8 cm³/mol. The lowest BCUT2D eigenvalue weighted by atomic mass is 10.1. The van der Waals surface area contributed by atoms with Gasteiger partial charge in [0.2, 0.25) is 0 Å². The Morgan fingerprint density at radius 2 is 1.84 bits per heavy atom. The van der Waals surface area contributed by atoms with E-state index >= 15 is 0 Å². The summed E-state index contributed by atoms with van der Waals surface area (Å²) in [5.41, 5.74) is 3.60. The van der Waals surface area contributed by atoms with Gasteiger partial charge in [0.1, 0.15) is 5.01 Å². The average Bonchev–Trinajstić information content (AvgIpc) is 2.88. The van der Waals surface area contributed by atoms with Crippen LogP contribution in [-0.4, -0.2) is 4.98 Å². The molecular formula is C16H16N2S. The van der Waals surface area contributed by atoms with Crippen LogP contribution in [0.15, 0.2) is 48.5 Å². The van der Waals surface area contributed by atoms with E-state index in [9.17, 15) is 0 Å². The van der Waals surface area contributed by atoms with Gasteiger partial charge in [0.25, 0.3) is 0 Å². The third-order valence-electron chi connectivity index (χ3n) is 3.14. The van der Waals surface area contributed by atoms with Crippen LogP contribution in [0.25, 0.3) is 10.2 Å². The molecule has 0 saturated carbocycles. The van der Waals surface area contributed by atoms with Crippen LogP contribution >= 0.6 is 11.3 Å². The molecule has 96 valence electrons. The highest BCUT2D eigenvalue weighted by molar-refractivity contribution is 7.18. The minimum absolute atomic E-state index is 0.783. The molecule has 0 aliphatic heterocycles. The summed E-state index contributed by atoms with van der Waals surface area (Å²) in [5, 5.41) is 4.55. The number of thiazole rings is 1. The number of rotatable bonds is 4. The second kappa shape index (κ2) is 5.41. The first-order valence-corrected chi connectivity index (χ1v) is 7.34. The van der Waals surface area contributed by atoms with E-state index in [4.69, 9.17) is 0 Å². The van der Waals surface area contributed by atoms with Crippen LogP contribution in [-0.2, 0) is 13.0 Å². The van der Waals surface area contributed by atoms with Crippen molar-refractivity contribution in [3.63, 3.8) is 0 Å². The van der Waals surface area contributed by atoms with E-state index in [0.717, 1.165) is 29.2 Å². The highest BCUT2D eigenvalue weighted by Gasteiger charge is 2.02. The predicted octanol–water partition coefficient (Wildman–Crippen LogP) is 4.47. The maximum atomic E-state index is 4.62. The van der Waals surface area contributed by atoms with Crippen molar-refractivity contribution in [1.29, 1.82) is 0 Å². The summed E-state index contributed by atoms with van der Waals surface area (Å²) >= 11 is 1.75. The van der Waals surface area contributed by atoms with Crippen molar-refractivity contribution in [2.24, 2.45) is 0 Å². The van der Waals surface area contributed by atoms with E-state index in [-0.39, 0.29) is 0 Å². The maximum Gasteiger partial charge on any atom is 0.113 e. The number of nitrogens with one attached hydrogen (secondary N) is 1. The van der Waals surface area contributed by atoms with Gasteiger partial charge < -0.3 is 5.32 Å². The molecule has 0 radical (unpaired) electrons. The van der Waals surface area contributed by atoms with Crippen molar-refractivity contribution >= 4 is 27.2 Å². The van der Waals surface area contributed by atoms with Gasteiger partial charge in [-0.3, -0.25) is 0 Å². The summed E-state index contributed by atoms with van der Waals surface area (Å²) in [6, 6.07) is 16.9. The van der Waals surface area contributed by atoms with Gasteiger partial charge in [0.15, 0.2) is 0 Å². The number of anilines is 1. The van der Waals surface area contributed by atoms with E-state index in [2.05, 4.69) is 59.7 Å². The molecule has 3 rings (SSSR count). The Labute approximate surface area is 117 Å². The zero-order valence-electron chi connectivity index (χ0n) is 10.9. The monoisotopic (exact) mass is 268 g/mol. The molecule has 3 heteroatoms. The third kappa shape index (κ3) is 2.76. The van der Waals surface area contributed by atoms with E-state index < -0.39 is 0 Å². The first kappa shape index (κ1) is 12.2. The quantitative estimate of drug-likeness (QED) is 0.755. The summed E-state index contributed by atoms with van der Waals surface area (Å²) in [6.07, 6.45) is 1.08. The fourth-order valence-corrected chi connectivity index (χ4v) is 2.94. The number of aromatic nitrogens is 1. The van der Waals surface area contributed by atoms with Crippen molar-refractivity contribution in [2.45, 2.75) is 19.9 Å². The molecule has 19 heavy (non-hydrogen) atoms. The summed E-state index contributed by atoms with van der Waals surface area (Å²) in [6.45, 7) is 2.95. The maximum absolute atomic E-state index is 4.62. The fraction of sp³-hybridized carbons (Fsp3) is 0.188. The van der Waals surface area contributed by atoms with Crippen LogP contribution in [0.2, 0.25) is 0 Å². The Hall–Kier alpha value is -1.87. The summed E-state index contributed by atoms with van der Waals surface area (Å²) < 4.78 is 1.25. The first-order chi connectivity index (χ1) is 9.35. The molecule has 2 nitrogen and oxygen atoms in total. The number of nitrogens with zero attached hydrogens (tertiary/aromatic N) is 1. The number of hydrogen-bond acceptors (Lipinski definition) is 3. The van der Waals surface area contributed by atoms with Gasteiger partial charge in [-0.25, -0.2) is 4.98 Å². The second-order valence-corrected chi connectivity index (χ2v) is 5.59. The van der Waals surface area contributed by atoms with Crippen LogP contribution < -0.4 is 5.32 Å². The lowest BCUT2D eigenvalue weighted by molar-refractivity contribution is 1.11. The molecule has 0 unspecified atom stereocenters. The topological polar surface area (TPSA) is 24.9 Å².